The number of nitrogens with two attached hydrogens (primary N) is 1. The molecule has 168 valence electrons. The zero-order chi connectivity index (χ0) is 22.8. The summed E-state index contributed by atoms with van der Waals surface area (Å²) in [6.07, 6.45) is 0.867. The SMILES string of the molecule is CC(=O)N1CCCN(c2nc3c(Cl)cccc3cc2C(C)Nc2nc(C)nc(N)n2)CC1. The molecule has 9 nitrogen and oxygen atoms in total. The van der Waals surface area contributed by atoms with Crippen LogP contribution in [-0.2, 0) is 4.79 Å². The van der Waals surface area contributed by atoms with Crippen molar-refractivity contribution in [1.29, 1.82) is 0 Å². The van der Waals surface area contributed by atoms with Gasteiger partial charge in [-0.15, -0.1) is 0 Å². The molecule has 32 heavy (non-hydrogen) atoms. The normalized spacial score (nSPS) is 15.5. The van der Waals surface area contributed by atoms with Crippen LogP contribution in [0.2, 0.25) is 5.02 Å². The Balaban J connectivity index is 1.73. The Morgan fingerprint density at radius 1 is 1.16 bits per heavy atom. The molecular weight excluding hydrogens is 428 g/mol. The van der Waals surface area contributed by atoms with E-state index >= 15 is 0 Å². The van der Waals surface area contributed by atoms with E-state index in [1.54, 1.807) is 13.8 Å². The Labute approximate surface area is 192 Å². The topological polar surface area (TPSA) is 113 Å². The van der Waals surface area contributed by atoms with E-state index in [-0.39, 0.29) is 17.9 Å². The second-order valence-corrected chi connectivity index (χ2v) is 8.40. The highest BCUT2D eigenvalue weighted by Gasteiger charge is 2.23. The van der Waals surface area contributed by atoms with Gasteiger partial charge in [-0.05, 0) is 32.4 Å². The standard InChI is InChI=1S/C22H27ClN8O/c1-13(25-22-27-14(2)26-21(24)29-22)17-12-16-6-4-7-18(23)19(16)28-20(17)31-9-5-8-30(10-11-31)15(3)32/h4,6-7,12-13H,5,8-11H2,1-3H3,(H3,24,25,26,27,29). The van der Waals surface area contributed by atoms with Gasteiger partial charge in [0.1, 0.15) is 11.6 Å². The van der Waals surface area contributed by atoms with Crippen molar-refractivity contribution >= 4 is 46.1 Å². The molecule has 2 aromatic heterocycles. The van der Waals surface area contributed by atoms with Crippen molar-refractivity contribution in [2.45, 2.75) is 33.2 Å². The third-order valence-corrected chi connectivity index (χ3v) is 5.93. The van der Waals surface area contributed by atoms with Gasteiger partial charge in [0.2, 0.25) is 17.8 Å². The predicted molar refractivity (Wildman–Crippen MR) is 127 cm³/mol. The molecule has 1 aliphatic rings. The Hall–Kier alpha value is -3.20. The smallest absolute Gasteiger partial charge is 0.228 e. The number of carbonyl (C=O) groups is 1. The third kappa shape index (κ3) is 4.67. The van der Waals surface area contributed by atoms with E-state index in [9.17, 15) is 4.79 Å². The minimum atomic E-state index is -0.158. The van der Waals surface area contributed by atoms with Gasteiger partial charge in [-0.25, -0.2) is 4.98 Å². The molecule has 0 bridgehead atoms. The van der Waals surface area contributed by atoms with Crippen LogP contribution in [0.15, 0.2) is 24.3 Å². The number of aryl methyl sites for hydroxylation is 1. The van der Waals surface area contributed by atoms with Crippen molar-refractivity contribution in [1.82, 2.24) is 24.8 Å². The number of fused-ring (bicyclic) bond motifs is 1. The molecule has 10 heteroatoms. The number of nitrogens with zero attached hydrogens (tertiary/aromatic N) is 6. The molecule has 1 saturated heterocycles. The van der Waals surface area contributed by atoms with Crippen molar-refractivity contribution in [3.8, 4) is 0 Å². The van der Waals surface area contributed by atoms with Crippen molar-refractivity contribution in [2.24, 2.45) is 0 Å². The molecule has 3 N–H and O–H groups in total. The van der Waals surface area contributed by atoms with Crippen LogP contribution in [0.1, 0.15) is 37.7 Å². The lowest BCUT2D eigenvalue weighted by Crippen LogP contribution is -2.34. The summed E-state index contributed by atoms with van der Waals surface area (Å²) in [5.41, 5.74) is 7.55. The molecule has 0 radical (unpaired) electrons. The maximum absolute atomic E-state index is 11.9. The number of pyridine rings is 1. The second kappa shape index (κ2) is 9.12. The first-order chi connectivity index (χ1) is 15.3. The number of rotatable bonds is 4. The summed E-state index contributed by atoms with van der Waals surface area (Å²) in [4.78, 5) is 33.6. The Morgan fingerprint density at radius 3 is 2.72 bits per heavy atom. The van der Waals surface area contributed by atoms with Crippen molar-refractivity contribution < 1.29 is 4.79 Å². The quantitative estimate of drug-likeness (QED) is 0.617. The van der Waals surface area contributed by atoms with Gasteiger partial charge in [0.05, 0.1) is 16.6 Å². The molecule has 0 saturated carbocycles. The van der Waals surface area contributed by atoms with E-state index in [4.69, 9.17) is 22.3 Å². The summed E-state index contributed by atoms with van der Waals surface area (Å²) in [5.74, 6) is 2.08. The number of hydrogen-bond acceptors (Lipinski definition) is 8. The van der Waals surface area contributed by atoms with Gasteiger partial charge in [0, 0.05) is 44.1 Å². The lowest BCUT2D eigenvalue weighted by atomic mass is 10.1. The monoisotopic (exact) mass is 454 g/mol. The average Bonchev–Trinajstić information content (AvgIpc) is 2.99. The van der Waals surface area contributed by atoms with Crippen LogP contribution in [0, 0.1) is 6.92 Å². The van der Waals surface area contributed by atoms with E-state index in [1.807, 2.05) is 30.0 Å². The molecule has 1 aromatic carbocycles. The van der Waals surface area contributed by atoms with Gasteiger partial charge in [-0.2, -0.15) is 15.0 Å². The lowest BCUT2D eigenvalue weighted by molar-refractivity contribution is -0.128. The van der Waals surface area contributed by atoms with Crippen LogP contribution in [0.5, 0.6) is 0 Å². The molecule has 1 atom stereocenters. The van der Waals surface area contributed by atoms with Crippen LogP contribution in [-0.4, -0.2) is 56.9 Å². The minimum absolute atomic E-state index is 0.0967. The summed E-state index contributed by atoms with van der Waals surface area (Å²) in [7, 11) is 0. The zero-order valence-electron chi connectivity index (χ0n) is 18.5. The summed E-state index contributed by atoms with van der Waals surface area (Å²) >= 11 is 6.47. The number of benzene rings is 1. The number of anilines is 3. The number of halogens is 1. The van der Waals surface area contributed by atoms with Crippen LogP contribution in [0.25, 0.3) is 10.9 Å². The van der Waals surface area contributed by atoms with Crippen LogP contribution in [0.3, 0.4) is 0 Å². The summed E-state index contributed by atoms with van der Waals surface area (Å²) in [6.45, 7) is 8.31. The van der Waals surface area contributed by atoms with Crippen molar-refractivity contribution in [3.63, 3.8) is 0 Å². The fourth-order valence-corrected chi connectivity index (χ4v) is 4.25. The molecule has 4 rings (SSSR count). The highest BCUT2D eigenvalue weighted by molar-refractivity contribution is 6.35. The minimum Gasteiger partial charge on any atom is -0.368 e. The summed E-state index contributed by atoms with van der Waals surface area (Å²) in [5, 5.41) is 4.90. The number of para-hydroxylation sites is 1. The third-order valence-electron chi connectivity index (χ3n) is 5.62. The number of hydrogen-bond donors (Lipinski definition) is 2. The van der Waals surface area contributed by atoms with Crippen LogP contribution in [0.4, 0.5) is 17.7 Å². The Morgan fingerprint density at radius 2 is 1.97 bits per heavy atom. The zero-order valence-corrected chi connectivity index (χ0v) is 19.2. The summed E-state index contributed by atoms with van der Waals surface area (Å²) in [6, 6.07) is 7.71. The second-order valence-electron chi connectivity index (χ2n) is 7.99. The molecule has 3 aromatic rings. The fraction of sp³-hybridized carbons (Fsp3) is 0.409. The molecule has 0 spiro atoms. The predicted octanol–water partition coefficient (Wildman–Crippen LogP) is 3.20. The number of nitrogen functional groups attached to an aromatic ring is 1. The fourth-order valence-electron chi connectivity index (χ4n) is 4.02. The lowest BCUT2D eigenvalue weighted by Gasteiger charge is -2.27. The van der Waals surface area contributed by atoms with Crippen molar-refractivity contribution in [3.05, 3.63) is 40.7 Å². The van der Waals surface area contributed by atoms with E-state index in [0.717, 1.165) is 41.8 Å². The first-order valence-electron chi connectivity index (χ1n) is 10.7. The van der Waals surface area contributed by atoms with Crippen LogP contribution < -0.4 is 16.0 Å². The average molecular weight is 455 g/mol. The number of aromatic nitrogens is 4. The number of nitrogens with one attached hydrogen (secondary N) is 1. The maximum atomic E-state index is 11.9. The first-order valence-corrected chi connectivity index (χ1v) is 11.0. The first kappa shape index (κ1) is 22.0. The van der Waals surface area contributed by atoms with E-state index in [0.29, 0.717) is 29.9 Å². The molecular formula is C22H27ClN8O. The highest BCUT2D eigenvalue weighted by atomic mass is 35.5. The van der Waals surface area contributed by atoms with E-state index in [1.165, 1.54) is 0 Å². The van der Waals surface area contributed by atoms with E-state index < -0.39 is 0 Å². The van der Waals surface area contributed by atoms with Gasteiger partial charge < -0.3 is 20.9 Å². The molecule has 1 aliphatic heterocycles. The maximum Gasteiger partial charge on any atom is 0.228 e. The van der Waals surface area contributed by atoms with Crippen molar-refractivity contribution in [2.75, 3.05) is 42.1 Å². The van der Waals surface area contributed by atoms with Gasteiger partial charge in [-0.1, -0.05) is 23.7 Å². The van der Waals surface area contributed by atoms with Gasteiger partial charge in [0.15, 0.2) is 0 Å². The van der Waals surface area contributed by atoms with E-state index in [2.05, 4.69) is 31.2 Å². The highest BCUT2D eigenvalue weighted by Crippen LogP contribution is 2.33. The molecule has 3 heterocycles. The summed E-state index contributed by atoms with van der Waals surface area (Å²) < 4.78 is 0. The number of amides is 1. The van der Waals surface area contributed by atoms with Gasteiger partial charge in [0.25, 0.3) is 0 Å². The largest absolute Gasteiger partial charge is 0.368 e. The molecule has 1 unspecified atom stereocenters. The van der Waals surface area contributed by atoms with Gasteiger partial charge in [-0.3, -0.25) is 4.79 Å². The molecule has 0 aliphatic carbocycles. The molecule has 1 fully saturated rings. The Kier molecular flexibility index (Phi) is 6.27. The van der Waals surface area contributed by atoms with Gasteiger partial charge >= 0.3 is 0 Å². The molecule has 1 amide bonds. The number of carbonyl (C=O) groups excluding carboxylic acids is 1. The van der Waals surface area contributed by atoms with Crippen LogP contribution >= 0.6 is 11.6 Å². The Bertz CT molecular complexity index is 1130.